The molecule has 0 fully saturated rings. The molecule has 0 aliphatic rings. The maximum absolute atomic E-state index is 12.9. The van der Waals surface area contributed by atoms with Crippen LogP contribution in [-0.4, -0.2) is 82.0 Å². The molecule has 1 N–H and O–H groups in total. The Hall–Kier alpha value is -3.31. The Kier molecular flexibility index (Phi) is 7.21. The number of carbonyl (C=O) groups excluding carboxylic acids is 1. The number of aromatic amines is 1. The van der Waals surface area contributed by atoms with E-state index in [4.69, 9.17) is 14.6 Å². The third-order valence-corrected chi connectivity index (χ3v) is 4.99. The molecule has 1 amide bonds. The Bertz CT molecular complexity index is 1170. The molecule has 11 nitrogen and oxygen atoms in total. The van der Waals surface area contributed by atoms with Gasteiger partial charge in [-0.05, 0) is 33.5 Å². The van der Waals surface area contributed by atoms with E-state index in [0.29, 0.717) is 30.7 Å². The second-order valence-electron chi connectivity index (χ2n) is 7.43. The molecule has 0 saturated heterocycles. The van der Waals surface area contributed by atoms with Gasteiger partial charge >= 0.3 is 0 Å². The van der Waals surface area contributed by atoms with Crippen LogP contribution in [0, 0.1) is 0 Å². The Labute approximate surface area is 185 Å². The van der Waals surface area contributed by atoms with Crippen molar-refractivity contribution in [1.29, 1.82) is 0 Å². The quantitative estimate of drug-likeness (QED) is 0.492. The van der Waals surface area contributed by atoms with E-state index in [-0.39, 0.29) is 28.3 Å². The van der Waals surface area contributed by atoms with Crippen molar-refractivity contribution in [1.82, 2.24) is 34.7 Å². The van der Waals surface area contributed by atoms with Gasteiger partial charge < -0.3 is 14.6 Å². The SMILES string of the molecule is CCOc1ncc(C(=O)N(C)OC)cc1-c1nc2c(CC)n(CCN(C)C)nc2c(=O)[nH]1. The summed E-state index contributed by atoms with van der Waals surface area (Å²) in [5, 5.41) is 5.58. The van der Waals surface area contributed by atoms with Crippen molar-refractivity contribution in [3.8, 4) is 17.3 Å². The smallest absolute Gasteiger partial charge is 0.279 e. The summed E-state index contributed by atoms with van der Waals surface area (Å²) in [6, 6.07) is 1.59. The summed E-state index contributed by atoms with van der Waals surface area (Å²) in [4.78, 5) is 44.2. The number of fused-ring (bicyclic) bond motifs is 1. The molecule has 11 heteroatoms. The van der Waals surface area contributed by atoms with E-state index in [1.165, 1.54) is 20.4 Å². The lowest BCUT2D eigenvalue weighted by Gasteiger charge is -2.15. The summed E-state index contributed by atoms with van der Waals surface area (Å²) in [6.07, 6.45) is 2.06. The third-order valence-electron chi connectivity index (χ3n) is 4.99. The number of likely N-dealkylation sites (N-methyl/N-ethyl adjacent to an activating group) is 1. The second-order valence-corrected chi connectivity index (χ2v) is 7.43. The number of H-pyrrole nitrogens is 1. The van der Waals surface area contributed by atoms with Crippen molar-refractivity contribution in [3.63, 3.8) is 0 Å². The Balaban J connectivity index is 2.17. The summed E-state index contributed by atoms with van der Waals surface area (Å²) < 4.78 is 7.46. The number of hydrogen-bond acceptors (Lipinski definition) is 8. The van der Waals surface area contributed by atoms with E-state index >= 15 is 0 Å². The fraction of sp³-hybridized carbons (Fsp3) is 0.476. The first-order chi connectivity index (χ1) is 15.3. The Morgan fingerprint density at radius 1 is 1.22 bits per heavy atom. The summed E-state index contributed by atoms with van der Waals surface area (Å²) >= 11 is 0. The number of ether oxygens (including phenoxy) is 1. The molecule has 0 bridgehead atoms. The van der Waals surface area contributed by atoms with Crippen LogP contribution in [0.1, 0.15) is 29.9 Å². The molecule has 3 aromatic rings. The first kappa shape index (κ1) is 23.4. The molecule has 0 aromatic carbocycles. The van der Waals surface area contributed by atoms with Crippen LogP contribution in [0.15, 0.2) is 17.1 Å². The van der Waals surface area contributed by atoms with Crippen molar-refractivity contribution < 1.29 is 14.4 Å². The number of amides is 1. The normalized spacial score (nSPS) is 11.3. The summed E-state index contributed by atoms with van der Waals surface area (Å²) in [5.41, 5.74) is 1.99. The summed E-state index contributed by atoms with van der Waals surface area (Å²) in [5.74, 6) is 0.137. The molecular formula is C21H29N7O4. The molecule has 3 aromatic heterocycles. The number of pyridine rings is 1. The highest BCUT2D eigenvalue weighted by Crippen LogP contribution is 2.28. The molecular weight excluding hydrogens is 414 g/mol. The van der Waals surface area contributed by atoms with Crippen LogP contribution < -0.4 is 10.3 Å². The van der Waals surface area contributed by atoms with Crippen LogP contribution in [0.2, 0.25) is 0 Å². The Morgan fingerprint density at radius 3 is 2.59 bits per heavy atom. The van der Waals surface area contributed by atoms with Gasteiger partial charge in [0.1, 0.15) is 11.3 Å². The molecule has 32 heavy (non-hydrogen) atoms. The van der Waals surface area contributed by atoms with Crippen LogP contribution in [0.3, 0.4) is 0 Å². The van der Waals surface area contributed by atoms with E-state index in [1.807, 2.05) is 32.6 Å². The minimum atomic E-state index is -0.390. The number of nitrogens with one attached hydrogen (secondary N) is 1. The van der Waals surface area contributed by atoms with E-state index in [9.17, 15) is 9.59 Å². The van der Waals surface area contributed by atoms with Gasteiger partial charge in [0, 0.05) is 19.8 Å². The molecule has 0 saturated carbocycles. The van der Waals surface area contributed by atoms with Crippen molar-refractivity contribution in [2.45, 2.75) is 26.8 Å². The second kappa shape index (κ2) is 9.88. The van der Waals surface area contributed by atoms with E-state index in [1.54, 1.807) is 6.07 Å². The predicted octanol–water partition coefficient (Wildman–Crippen LogP) is 1.34. The number of carbonyl (C=O) groups is 1. The fourth-order valence-corrected chi connectivity index (χ4v) is 3.28. The van der Waals surface area contributed by atoms with Gasteiger partial charge in [0.2, 0.25) is 5.88 Å². The molecule has 0 aliphatic carbocycles. The third kappa shape index (κ3) is 4.63. The molecule has 3 rings (SSSR count). The largest absolute Gasteiger partial charge is 0.477 e. The minimum Gasteiger partial charge on any atom is -0.477 e. The van der Waals surface area contributed by atoms with Crippen molar-refractivity contribution >= 4 is 16.9 Å². The van der Waals surface area contributed by atoms with Crippen LogP contribution >= 0.6 is 0 Å². The zero-order valence-corrected chi connectivity index (χ0v) is 19.3. The average Bonchev–Trinajstić information content (AvgIpc) is 3.15. The zero-order chi connectivity index (χ0) is 23.4. The van der Waals surface area contributed by atoms with Gasteiger partial charge in [0.15, 0.2) is 5.52 Å². The highest BCUT2D eigenvalue weighted by atomic mass is 16.7. The lowest BCUT2D eigenvalue weighted by atomic mass is 10.1. The topological polar surface area (TPSA) is 118 Å². The first-order valence-electron chi connectivity index (χ1n) is 10.4. The van der Waals surface area contributed by atoms with Crippen LogP contribution in [-0.2, 0) is 17.8 Å². The van der Waals surface area contributed by atoms with Crippen molar-refractivity contribution in [2.75, 3.05) is 41.4 Å². The maximum Gasteiger partial charge on any atom is 0.279 e. The predicted molar refractivity (Wildman–Crippen MR) is 120 cm³/mol. The molecule has 0 radical (unpaired) electrons. The van der Waals surface area contributed by atoms with E-state index < -0.39 is 5.91 Å². The van der Waals surface area contributed by atoms with Gasteiger partial charge in [-0.2, -0.15) is 5.10 Å². The van der Waals surface area contributed by atoms with E-state index in [0.717, 1.165) is 17.3 Å². The fourth-order valence-electron chi connectivity index (χ4n) is 3.28. The van der Waals surface area contributed by atoms with Crippen molar-refractivity contribution in [3.05, 3.63) is 33.9 Å². The van der Waals surface area contributed by atoms with Gasteiger partial charge in [-0.1, -0.05) is 6.92 Å². The summed E-state index contributed by atoms with van der Waals surface area (Å²) in [7, 11) is 6.86. The molecule has 3 heterocycles. The van der Waals surface area contributed by atoms with Gasteiger partial charge in [0.25, 0.3) is 11.5 Å². The minimum absolute atomic E-state index is 0.259. The number of hydrogen-bond donors (Lipinski definition) is 1. The van der Waals surface area contributed by atoms with Gasteiger partial charge in [0.05, 0.1) is 37.1 Å². The lowest BCUT2D eigenvalue weighted by molar-refractivity contribution is -0.0757. The van der Waals surface area contributed by atoms with Crippen molar-refractivity contribution in [2.24, 2.45) is 0 Å². The van der Waals surface area contributed by atoms with E-state index in [2.05, 4.69) is 20.0 Å². The number of nitrogens with zero attached hydrogens (tertiary/aromatic N) is 6. The highest BCUT2D eigenvalue weighted by molar-refractivity contribution is 5.94. The first-order valence-corrected chi connectivity index (χ1v) is 10.4. The van der Waals surface area contributed by atoms with Gasteiger partial charge in [-0.15, -0.1) is 0 Å². The number of rotatable bonds is 9. The Morgan fingerprint density at radius 2 is 1.97 bits per heavy atom. The standard InChI is InChI=1S/C21H29N7O4/c1-7-15-16-17(25-28(15)10-9-26(3)4)19(29)24-18(23-16)14-11-13(21(30)27(5)31-6)12-22-20(14)32-8-2/h11-12H,7-10H2,1-6H3,(H,23,24,29). The number of hydroxylamine groups is 2. The maximum atomic E-state index is 12.9. The number of aryl methyl sites for hydroxylation is 1. The lowest BCUT2D eigenvalue weighted by Crippen LogP contribution is -2.25. The number of aromatic nitrogens is 5. The monoisotopic (exact) mass is 443 g/mol. The average molecular weight is 444 g/mol. The molecule has 0 spiro atoms. The summed E-state index contributed by atoms with van der Waals surface area (Å²) in [6.45, 7) is 5.60. The van der Waals surface area contributed by atoms with Gasteiger partial charge in [-0.25, -0.2) is 15.0 Å². The molecule has 0 aliphatic heterocycles. The molecule has 0 atom stereocenters. The molecule has 172 valence electrons. The molecule has 0 unspecified atom stereocenters. The van der Waals surface area contributed by atoms with Gasteiger partial charge in [-0.3, -0.25) is 19.1 Å². The van der Waals surface area contributed by atoms with Crippen LogP contribution in [0.5, 0.6) is 5.88 Å². The van der Waals surface area contributed by atoms with Crippen LogP contribution in [0.25, 0.3) is 22.4 Å². The van der Waals surface area contributed by atoms with Crippen LogP contribution in [0.4, 0.5) is 0 Å². The highest BCUT2D eigenvalue weighted by Gasteiger charge is 2.21. The zero-order valence-electron chi connectivity index (χ0n) is 19.3.